The number of ether oxygens (including phenoxy) is 1. The van der Waals surface area contributed by atoms with Crippen LogP contribution in [0, 0.1) is 0 Å². The maximum atomic E-state index is 11.1. The Hall–Kier alpha value is -1.07. The minimum atomic E-state index is -0.564. The lowest BCUT2D eigenvalue weighted by atomic mass is 10.6. The van der Waals surface area contributed by atoms with E-state index in [1.807, 2.05) is 0 Å². The molecule has 0 fully saturated rings. The Bertz CT molecular complexity index is 395. The van der Waals surface area contributed by atoms with Crippen LogP contribution in [0.25, 0.3) is 0 Å². The molecule has 0 bridgehead atoms. The van der Waals surface area contributed by atoms with Crippen LogP contribution in [0.1, 0.15) is 6.92 Å². The van der Waals surface area contributed by atoms with Crippen molar-refractivity contribution >= 4 is 11.6 Å². The fourth-order valence-electron chi connectivity index (χ4n) is 0.795. The monoisotopic (exact) mass is 204 g/mol. The third-order valence-corrected chi connectivity index (χ3v) is 1.72. The zero-order valence-electron chi connectivity index (χ0n) is 7.04. The van der Waals surface area contributed by atoms with Crippen molar-refractivity contribution in [2.24, 2.45) is 0 Å². The molecule has 0 aliphatic heterocycles. The number of nitrogens with one attached hydrogen (secondary N) is 1. The van der Waals surface area contributed by atoms with Crippen molar-refractivity contribution in [3.63, 3.8) is 0 Å². The second-order valence-electron chi connectivity index (χ2n) is 2.31. The van der Waals surface area contributed by atoms with E-state index in [2.05, 4.69) is 4.98 Å². The summed E-state index contributed by atoms with van der Waals surface area (Å²) in [6, 6.07) is 1.13. The van der Waals surface area contributed by atoms with E-state index in [0.717, 1.165) is 10.6 Å². The van der Waals surface area contributed by atoms with Crippen LogP contribution in [-0.2, 0) is 11.5 Å². The molecule has 0 saturated carbocycles. The number of hydrogen-bond donors (Lipinski definition) is 1. The Morgan fingerprint density at radius 1 is 1.62 bits per heavy atom. The summed E-state index contributed by atoms with van der Waals surface area (Å²) in [5, 5.41) is 0.0715. The zero-order chi connectivity index (χ0) is 9.84. The van der Waals surface area contributed by atoms with Gasteiger partial charge in [-0.1, -0.05) is 11.6 Å². The van der Waals surface area contributed by atoms with Crippen molar-refractivity contribution in [3.05, 3.63) is 32.1 Å². The SMILES string of the molecule is CCOCn1c(Cl)cc(=O)[nH]c1=O. The van der Waals surface area contributed by atoms with Gasteiger partial charge in [0.15, 0.2) is 0 Å². The van der Waals surface area contributed by atoms with Crippen LogP contribution in [0.15, 0.2) is 15.7 Å². The fraction of sp³-hybridized carbons (Fsp3) is 0.429. The van der Waals surface area contributed by atoms with Crippen LogP contribution in [-0.4, -0.2) is 16.2 Å². The number of rotatable bonds is 3. The smallest absolute Gasteiger partial charge is 0.331 e. The second-order valence-corrected chi connectivity index (χ2v) is 2.70. The van der Waals surface area contributed by atoms with Crippen molar-refractivity contribution in [1.82, 2.24) is 9.55 Å². The lowest BCUT2D eigenvalue weighted by Gasteiger charge is -2.05. The van der Waals surface area contributed by atoms with E-state index in [4.69, 9.17) is 16.3 Å². The minimum absolute atomic E-state index is 0.0466. The predicted octanol–water partition coefficient (Wildman–Crippen LogP) is 0.184. The lowest BCUT2D eigenvalue weighted by molar-refractivity contribution is 0.0845. The van der Waals surface area contributed by atoms with E-state index in [1.165, 1.54) is 0 Å². The zero-order valence-corrected chi connectivity index (χ0v) is 7.80. The molecule has 0 saturated heterocycles. The summed E-state index contributed by atoms with van der Waals surface area (Å²) < 4.78 is 6.11. The van der Waals surface area contributed by atoms with Gasteiger partial charge in [0.25, 0.3) is 5.56 Å². The van der Waals surface area contributed by atoms with Gasteiger partial charge in [0, 0.05) is 12.7 Å². The molecule has 13 heavy (non-hydrogen) atoms. The molecule has 0 atom stereocenters. The highest BCUT2D eigenvalue weighted by Gasteiger charge is 2.02. The molecule has 1 aromatic rings. The largest absolute Gasteiger partial charge is 0.361 e. The fourth-order valence-corrected chi connectivity index (χ4v) is 1.02. The molecule has 0 spiro atoms. The molecule has 1 aromatic heterocycles. The lowest BCUT2D eigenvalue weighted by Crippen LogP contribution is -2.30. The summed E-state index contributed by atoms with van der Waals surface area (Å²) in [6.45, 7) is 2.32. The summed E-state index contributed by atoms with van der Waals surface area (Å²) in [5.41, 5.74) is -1.08. The normalized spacial score (nSPS) is 10.3. The molecule has 0 radical (unpaired) electrons. The van der Waals surface area contributed by atoms with Crippen LogP contribution in [0.3, 0.4) is 0 Å². The van der Waals surface area contributed by atoms with Gasteiger partial charge in [-0.3, -0.25) is 14.3 Å². The molecule has 72 valence electrons. The third kappa shape index (κ3) is 2.43. The van der Waals surface area contributed by atoms with Crippen LogP contribution in [0.5, 0.6) is 0 Å². The molecule has 0 unspecified atom stereocenters. The van der Waals surface area contributed by atoms with Crippen LogP contribution in [0.2, 0.25) is 5.15 Å². The first-order chi connectivity index (χ1) is 6.15. The van der Waals surface area contributed by atoms with E-state index < -0.39 is 11.2 Å². The minimum Gasteiger partial charge on any atom is -0.361 e. The van der Waals surface area contributed by atoms with Crippen molar-refractivity contribution in [2.75, 3.05) is 6.61 Å². The van der Waals surface area contributed by atoms with Crippen molar-refractivity contribution in [1.29, 1.82) is 0 Å². The summed E-state index contributed by atoms with van der Waals surface area (Å²) >= 11 is 5.63. The Morgan fingerprint density at radius 3 is 2.85 bits per heavy atom. The third-order valence-electron chi connectivity index (χ3n) is 1.41. The summed E-state index contributed by atoms with van der Waals surface area (Å²) in [4.78, 5) is 23.9. The van der Waals surface area contributed by atoms with Gasteiger partial charge in [-0.15, -0.1) is 0 Å². The van der Waals surface area contributed by atoms with Crippen LogP contribution < -0.4 is 11.2 Å². The van der Waals surface area contributed by atoms with E-state index >= 15 is 0 Å². The van der Waals surface area contributed by atoms with E-state index in [9.17, 15) is 9.59 Å². The van der Waals surface area contributed by atoms with Gasteiger partial charge in [0.1, 0.15) is 11.9 Å². The first-order valence-electron chi connectivity index (χ1n) is 3.72. The molecule has 0 amide bonds. The summed E-state index contributed by atoms with van der Waals surface area (Å²) in [6.07, 6.45) is 0. The van der Waals surface area contributed by atoms with Crippen molar-refractivity contribution in [3.8, 4) is 0 Å². The Labute approximate surface area is 78.9 Å². The molecule has 0 aliphatic carbocycles. The number of aromatic nitrogens is 2. The molecule has 1 N–H and O–H groups in total. The van der Waals surface area contributed by atoms with Crippen LogP contribution >= 0.6 is 11.6 Å². The molecular weight excluding hydrogens is 196 g/mol. The van der Waals surface area contributed by atoms with Gasteiger partial charge in [-0.05, 0) is 6.92 Å². The predicted molar refractivity (Wildman–Crippen MR) is 48.0 cm³/mol. The van der Waals surface area contributed by atoms with Gasteiger partial charge in [-0.25, -0.2) is 4.79 Å². The average Bonchev–Trinajstić information content (AvgIpc) is 2.02. The Kier molecular flexibility index (Phi) is 3.27. The molecule has 6 heteroatoms. The van der Waals surface area contributed by atoms with Crippen molar-refractivity contribution < 1.29 is 4.74 Å². The molecular formula is C7H9ClN2O3. The van der Waals surface area contributed by atoms with Crippen molar-refractivity contribution in [2.45, 2.75) is 13.7 Å². The van der Waals surface area contributed by atoms with Gasteiger partial charge >= 0.3 is 5.69 Å². The maximum absolute atomic E-state index is 11.1. The highest BCUT2D eigenvalue weighted by Crippen LogP contribution is 2.00. The van der Waals surface area contributed by atoms with Gasteiger partial charge < -0.3 is 4.74 Å². The number of aromatic amines is 1. The first-order valence-corrected chi connectivity index (χ1v) is 4.10. The van der Waals surface area contributed by atoms with E-state index in [-0.39, 0.29) is 11.9 Å². The Balaban J connectivity index is 3.07. The Morgan fingerprint density at radius 2 is 2.31 bits per heavy atom. The number of nitrogens with zero attached hydrogens (tertiary/aromatic N) is 1. The standard InChI is InChI=1S/C7H9ClN2O3/c1-2-13-4-10-5(8)3-6(11)9-7(10)12/h3H,2,4H2,1H3,(H,9,11,12). The number of H-pyrrole nitrogens is 1. The molecule has 0 aromatic carbocycles. The summed E-state index contributed by atoms with van der Waals surface area (Å²) in [5.74, 6) is 0. The maximum Gasteiger partial charge on any atom is 0.331 e. The highest BCUT2D eigenvalue weighted by molar-refractivity contribution is 6.29. The molecule has 1 heterocycles. The van der Waals surface area contributed by atoms with E-state index in [1.54, 1.807) is 6.92 Å². The summed E-state index contributed by atoms with van der Waals surface area (Å²) in [7, 11) is 0. The average molecular weight is 205 g/mol. The van der Waals surface area contributed by atoms with Crippen LogP contribution in [0.4, 0.5) is 0 Å². The van der Waals surface area contributed by atoms with Gasteiger partial charge in [-0.2, -0.15) is 0 Å². The highest BCUT2D eigenvalue weighted by atomic mass is 35.5. The quantitative estimate of drug-likeness (QED) is 0.715. The molecule has 0 aliphatic rings. The van der Waals surface area contributed by atoms with E-state index in [0.29, 0.717) is 6.61 Å². The first kappa shape index (κ1) is 10.0. The molecule has 1 rings (SSSR count). The number of halogens is 1. The van der Waals surface area contributed by atoms with Gasteiger partial charge in [0.2, 0.25) is 0 Å². The molecule has 5 nitrogen and oxygen atoms in total. The topological polar surface area (TPSA) is 64.1 Å². The van der Waals surface area contributed by atoms with Gasteiger partial charge in [0.05, 0.1) is 0 Å². The second kappa shape index (κ2) is 4.25. The number of hydrogen-bond acceptors (Lipinski definition) is 3.